The number of rotatable bonds is 8. The molecule has 0 spiro atoms. The van der Waals surface area contributed by atoms with Gasteiger partial charge in [-0.05, 0) is 67.6 Å². The summed E-state index contributed by atoms with van der Waals surface area (Å²) in [4.78, 5) is 4.61. The lowest BCUT2D eigenvalue weighted by Gasteiger charge is -2.24. The van der Waals surface area contributed by atoms with Gasteiger partial charge in [-0.1, -0.05) is 12.1 Å². The van der Waals surface area contributed by atoms with Crippen molar-refractivity contribution in [3.05, 3.63) is 66.8 Å². The molecule has 0 amide bonds. The maximum atomic E-state index is 10.1. The van der Waals surface area contributed by atoms with E-state index < -0.39 is 5.60 Å². The zero-order valence-electron chi connectivity index (χ0n) is 21.0. The summed E-state index contributed by atoms with van der Waals surface area (Å²) in [5.41, 5.74) is 6.61. The molecular formula is C27H31N7O2. The molecule has 9 nitrogen and oxygen atoms in total. The molecule has 0 unspecified atom stereocenters. The van der Waals surface area contributed by atoms with Gasteiger partial charge in [0, 0.05) is 36.9 Å². The normalized spacial score (nSPS) is 13.8. The summed E-state index contributed by atoms with van der Waals surface area (Å²) in [6.45, 7) is 7.34. The Labute approximate surface area is 210 Å². The number of hydrogen-bond donors (Lipinski definition) is 3. The molecule has 186 valence electrons. The van der Waals surface area contributed by atoms with Crippen molar-refractivity contribution in [2.45, 2.75) is 26.4 Å². The van der Waals surface area contributed by atoms with Crippen molar-refractivity contribution in [1.82, 2.24) is 30.2 Å². The van der Waals surface area contributed by atoms with E-state index in [9.17, 15) is 5.11 Å². The summed E-state index contributed by atoms with van der Waals surface area (Å²) < 4.78 is 7.80. The average Bonchev–Trinajstić information content (AvgIpc) is 3.47. The number of β-amino-alcohol motifs (C(OH)–C–C–N with tert-alkyl or cyclic N) is 1. The average molecular weight is 486 g/mol. The van der Waals surface area contributed by atoms with Gasteiger partial charge in [0.25, 0.3) is 0 Å². The molecule has 5 rings (SSSR count). The molecule has 1 aliphatic rings. The number of nitrogens with zero attached hydrogens (tertiary/aromatic N) is 5. The number of aryl methyl sites for hydroxylation is 1. The van der Waals surface area contributed by atoms with Gasteiger partial charge in [0.05, 0.1) is 24.4 Å². The molecule has 3 N–H and O–H groups in total. The zero-order chi connectivity index (χ0) is 25.3. The van der Waals surface area contributed by atoms with Crippen molar-refractivity contribution in [1.29, 1.82) is 0 Å². The van der Waals surface area contributed by atoms with E-state index in [2.05, 4.69) is 50.3 Å². The van der Waals surface area contributed by atoms with E-state index in [0.717, 1.165) is 45.0 Å². The summed E-state index contributed by atoms with van der Waals surface area (Å²) in [5, 5.41) is 25.8. The molecular weight excluding hydrogens is 454 g/mol. The summed E-state index contributed by atoms with van der Waals surface area (Å²) in [7, 11) is 1.91. The van der Waals surface area contributed by atoms with Gasteiger partial charge < -0.3 is 24.7 Å². The highest BCUT2D eigenvalue weighted by Crippen LogP contribution is 2.33. The highest BCUT2D eigenvalue weighted by molar-refractivity contribution is 5.88. The second-order valence-corrected chi connectivity index (χ2v) is 9.60. The topological polar surface area (TPSA) is 100 Å². The van der Waals surface area contributed by atoms with Crippen LogP contribution < -0.4 is 15.5 Å². The maximum absolute atomic E-state index is 10.1. The third-order valence-corrected chi connectivity index (χ3v) is 5.95. The molecule has 9 heteroatoms. The zero-order valence-corrected chi connectivity index (χ0v) is 21.0. The number of aliphatic hydroxyl groups is 1. The maximum Gasteiger partial charge on any atom is 0.163 e. The van der Waals surface area contributed by atoms with Gasteiger partial charge in [-0.3, -0.25) is 0 Å². The molecule has 3 heterocycles. The summed E-state index contributed by atoms with van der Waals surface area (Å²) in [6.07, 6.45) is 5.61. The number of fused-ring (bicyclic) bond motifs is 1. The van der Waals surface area contributed by atoms with Gasteiger partial charge in [-0.15, -0.1) is 10.2 Å². The number of aromatic nitrogens is 4. The molecule has 0 fully saturated rings. The number of anilines is 2. The number of pyridine rings is 1. The monoisotopic (exact) mass is 485 g/mol. The predicted molar refractivity (Wildman–Crippen MR) is 142 cm³/mol. The summed E-state index contributed by atoms with van der Waals surface area (Å²) in [5.74, 6) is 2.23. The summed E-state index contributed by atoms with van der Waals surface area (Å²) >= 11 is 0. The predicted octanol–water partition coefficient (Wildman–Crippen LogP) is 4.10. The molecule has 1 aliphatic heterocycles. The molecule has 0 saturated heterocycles. The third-order valence-electron chi connectivity index (χ3n) is 5.95. The highest BCUT2D eigenvalue weighted by Gasteiger charge is 2.21. The number of ether oxygens (including phenoxy) is 1. The van der Waals surface area contributed by atoms with Crippen LogP contribution in [0.25, 0.3) is 27.7 Å². The van der Waals surface area contributed by atoms with Crippen LogP contribution in [-0.4, -0.2) is 55.2 Å². The summed E-state index contributed by atoms with van der Waals surface area (Å²) in [6, 6.07) is 14.3. The Bertz CT molecular complexity index is 1420. The van der Waals surface area contributed by atoms with E-state index in [1.54, 1.807) is 20.2 Å². The van der Waals surface area contributed by atoms with E-state index in [0.29, 0.717) is 19.7 Å². The van der Waals surface area contributed by atoms with Crippen molar-refractivity contribution in [2.24, 2.45) is 7.05 Å². The number of hydrazine groups is 1. The Morgan fingerprint density at radius 1 is 1.11 bits per heavy atom. The van der Waals surface area contributed by atoms with Crippen LogP contribution in [0, 0.1) is 0 Å². The van der Waals surface area contributed by atoms with Gasteiger partial charge in [-0.25, -0.2) is 10.4 Å². The lowest BCUT2D eigenvalue weighted by molar-refractivity contribution is 0.0410. The molecule has 0 saturated carbocycles. The molecule has 4 aromatic rings. The highest BCUT2D eigenvalue weighted by atomic mass is 16.5. The molecule has 0 radical (unpaired) electrons. The van der Waals surface area contributed by atoms with Crippen LogP contribution in [0.15, 0.2) is 61.2 Å². The van der Waals surface area contributed by atoms with Crippen LogP contribution in [0.4, 0.5) is 11.5 Å². The van der Waals surface area contributed by atoms with E-state index in [1.165, 1.54) is 5.57 Å². The quantitative estimate of drug-likeness (QED) is 0.343. The van der Waals surface area contributed by atoms with Gasteiger partial charge in [0.1, 0.15) is 17.9 Å². The van der Waals surface area contributed by atoms with Gasteiger partial charge in [0.2, 0.25) is 0 Å². The minimum Gasteiger partial charge on any atom is -0.492 e. The number of hydrogen-bond acceptors (Lipinski definition) is 8. The fourth-order valence-corrected chi connectivity index (χ4v) is 4.29. The van der Waals surface area contributed by atoms with E-state index >= 15 is 0 Å². The van der Waals surface area contributed by atoms with Crippen molar-refractivity contribution >= 4 is 27.9 Å². The Morgan fingerprint density at radius 2 is 1.94 bits per heavy atom. The second kappa shape index (κ2) is 9.60. The second-order valence-electron chi connectivity index (χ2n) is 9.60. The first kappa shape index (κ1) is 23.8. The first-order valence-corrected chi connectivity index (χ1v) is 12.0. The van der Waals surface area contributed by atoms with E-state index in [-0.39, 0.29) is 0 Å². The largest absolute Gasteiger partial charge is 0.492 e. The Hall–Kier alpha value is -3.95. The van der Waals surface area contributed by atoms with Crippen LogP contribution >= 0.6 is 0 Å². The smallest absolute Gasteiger partial charge is 0.163 e. The standard InChI is InChI=1S/C27H31N7O2/c1-5-36-24-11-19(26-32-29-17-33(26)4)8-9-23(24)31-25-12-21-10-18(6-7-20(21)13-28-25)22-14-30-34(15-22)16-27(2,3)35/h6-13,15,17,30,35H,5,14,16H2,1-4H3,(H,28,31). The first-order chi connectivity index (χ1) is 17.3. The number of benzene rings is 2. The van der Waals surface area contributed by atoms with Gasteiger partial charge in [0.15, 0.2) is 5.82 Å². The SMILES string of the molecule is CCOc1cc(-c2nncn2C)ccc1Nc1cc2cc(C3=CN(CC(C)(C)O)NC3)ccc2cn1. The third kappa shape index (κ3) is 5.17. The van der Waals surface area contributed by atoms with Crippen LogP contribution in [0.5, 0.6) is 5.75 Å². The van der Waals surface area contributed by atoms with Crippen LogP contribution in [-0.2, 0) is 7.05 Å². The van der Waals surface area contributed by atoms with Crippen molar-refractivity contribution in [2.75, 3.05) is 25.0 Å². The van der Waals surface area contributed by atoms with E-state index in [1.807, 2.05) is 54.0 Å². The van der Waals surface area contributed by atoms with Crippen molar-refractivity contribution in [3.63, 3.8) is 0 Å². The minimum atomic E-state index is -0.776. The van der Waals surface area contributed by atoms with Gasteiger partial charge in [-0.2, -0.15) is 0 Å². The lowest BCUT2D eigenvalue weighted by Crippen LogP contribution is -2.40. The Morgan fingerprint density at radius 3 is 2.69 bits per heavy atom. The van der Waals surface area contributed by atoms with Crippen LogP contribution in [0.3, 0.4) is 0 Å². The van der Waals surface area contributed by atoms with Crippen LogP contribution in [0.1, 0.15) is 26.3 Å². The van der Waals surface area contributed by atoms with Crippen molar-refractivity contribution < 1.29 is 9.84 Å². The molecule has 0 atom stereocenters. The van der Waals surface area contributed by atoms with Crippen molar-refractivity contribution in [3.8, 4) is 17.1 Å². The first-order valence-electron chi connectivity index (χ1n) is 12.0. The molecule has 36 heavy (non-hydrogen) atoms. The van der Waals surface area contributed by atoms with Crippen LogP contribution in [0.2, 0.25) is 0 Å². The number of nitrogens with one attached hydrogen (secondary N) is 2. The Balaban J connectivity index is 1.41. The fourth-order valence-electron chi connectivity index (χ4n) is 4.29. The van der Waals surface area contributed by atoms with Gasteiger partial charge >= 0.3 is 0 Å². The molecule has 2 aromatic heterocycles. The molecule has 0 aliphatic carbocycles. The molecule has 0 bridgehead atoms. The molecule has 2 aromatic carbocycles. The fraction of sp³-hybridized carbons (Fsp3) is 0.296. The minimum absolute atomic E-state index is 0.514. The lowest BCUT2D eigenvalue weighted by atomic mass is 10.0. The Kier molecular flexibility index (Phi) is 6.34. The van der Waals surface area contributed by atoms with E-state index in [4.69, 9.17) is 4.74 Å².